The molecule has 0 amide bonds. The Morgan fingerprint density at radius 1 is 1.38 bits per heavy atom. The highest BCUT2D eigenvalue weighted by Gasteiger charge is 2.28. The summed E-state index contributed by atoms with van der Waals surface area (Å²) in [6.45, 7) is 4.57. The Balaban J connectivity index is 3.02. The Hall–Kier alpha value is -1.50. The lowest BCUT2D eigenvalue weighted by Crippen LogP contribution is -2.36. The Bertz CT molecular complexity index is 484. The van der Waals surface area contributed by atoms with Crippen LogP contribution in [0.1, 0.15) is 18.3 Å². The highest BCUT2D eigenvalue weighted by molar-refractivity contribution is 7.93. The van der Waals surface area contributed by atoms with Crippen LogP contribution in [-0.4, -0.2) is 29.4 Å². The zero-order valence-corrected chi connectivity index (χ0v) is 10.1. The minimum atomic E-state index is -3.91. The fourth-order valence-corrected chi connectivity index (χ4v) is 2.12. The maximum absolute atomic E-state index is 11.6. The molecule has 0 aromatic carbocycles. The van der Waals surface area contributed by atoms with E-state index >= 15 is 0 Å². The summed E-state index contributed by atoms with van der Waals surface area (Å²) in [5.74, 6) is -1.38. The van der Waals surface area contributed by atoms with Gasteiger partial charge in [-0.05, 0) is 32.9 Å². The predicted molar refractivity (Wildman–Crippen MR) is 59.3 cm³/mol. The molecular weight excluding hydrogens is 232 g/mol. The standard InChI is InChI=1S/C9H14N2O4S/c1-6-4-5-7(2)11(6)10-16(14,15)8(3)9(12)13/h4-5,8,10H,1-3H3,(H,12,13). The minimum Gasteiger partial charge on any atom is -0.480 e. The molecule has 0 aliphatic carbocycles. The monoisotopic (exact) mass is 246 g/mol. The van der Waals surface area contributed by atoms with Gasteiger partial charge in [0.1, 0.15) is 0 Å². The van der Waals surface area contributed by atoms with Gasteiger partial charge < -0.3 is 5.11 Å². The van der Waals surface area contributed by atoms with Crippen molar-refractivity contribution in [3.63, 3.8) is 0 Å². The highest BCUT2D eigenvalue weighted by atomic mass is 32.2. The summed E-state index contributed by atoms with van der Waals surface area (Å²) in [5, 5.41) is 7.16. The fourth-order valence-electron chi connectivity index (χ4n) is 1.15. The van der Waals surface area contributed by atoms with Gasteiger partial charge in [0, 0.05) is 11.4 Å². The second-order valence-electron chi connectivity index (χ2n) is 3.57. The molecule has 90 valence electrons. The Morgan fingerprint density at radius 2 is 1.81 bits per heavy atom. The van der Waals surface area contributed by atoms with E-state index in [2.05, 4.69) is 4.83 Å². The number of carboxylic acids is 1. The molecule has 0 aliphatic rings. The van der Waals surface area contributed by atoms with Crippen LogP contribution in [0, 0.1) is 13.8 Å². The van der Waals surface area contributed by atoms with E-state index < -0.39 is 21.2 Å². The van der Waals surface area contributed by atoms with Gasteiger partial charge in [0.25, 0.3) is 10.0 Å². The number of carboxylic acid groups (broad SMARTS) is 1. The van der Waals surface area contributed by atoms with E-state index in [1.807, 2.05) is 0 Å². The number of nitrogens with one attached hydrogen (secondary N) is 1. The maximum Gasteiger partial charge on any atom is 0.323 e. The van der Waals surface area contributed by atoms with E-state index in [1.165, 1.54) is 4.68 Å². The fraction of sp³-hybridized carbons (Fsp3) is 0.444. The average molecular weight is 246 g/mol. The van der Waals surface area contributed by atoms with Gasteiger partial charge in [0.05, 0.1) is 0 Å². The summed E-state index contributed by atoms with van der Waals surface area (Å²) in [6, 6.07) is 3.48. The van der Waals surface area contributed by atoms with Crippen molar-refractivity contribution in [3.8, 4) is 0 Å². The first-order valence-corrected chi connectivity index (χ1v) is 6.19. The van der Waals surface area contributed by atoms with Crippen molar-refractivity contribution in [1.82, 2.24) is 4.68 Å². The van der Waals surface area contributed by atoms with Crippen molar-refractivity contribution < 1.29 is 18.3 Å². The largest absolute Gasteiger partial charge is 0.480 e. The molecule has 1 unspecified atom stereocenters. The van der Waals surface area contributed by atoms with E-state index in [1.54, 1.807) is 26.0 Å². The van der Waals surface area contributed by atoms with Gasteiger partial charge in [-0.15, -0.1) is 0 Å². The molecule has 0 aliphatic heterocycles. The zero-order chi connectivity index (χ0) is 12.5. The van der Waals surface area contributed by atoms with Crippen LogP contribution in [0.15, 0.2) is 12.1 Å². The van der Waals surface area contributed by atoms with Crippen molar-refractivity contribution in [2.24, 2.45) is 0 Å². The van der Waals surface area contributed by atoms with Crippen LogP contribution < -0.4 is 4.83 Å². The van der Waals surface area contributed by atoms with Gasteiger partial charge >= 0.3 is 5.97 Å². The second-order valence-corrected chi connectivity index (χ2v) is 5.55. The van der Waals surface area contributed by atoms with E-state index in [0.29, 0.717) is 11.4 Å². The molecule has 0 saturated carbocycles. The molecule has 1 rings (SSSR count). The molecule has 6 nitrogen and oxygen atoms in total. The van der Waals surface area contributed by atoms with Crippen molar-refractivity contribution in [2.45, 2.75) is 26.0 Å². The van der Waals surface area contributed by atoms with Crippen molar-refractivity contribution in [2.75, 3.05) is 4.83 Å². The molecule has 1 heterocycles. The van der Waals surface area contributed by atoms with Gasteiger partial charge in [0.2, 0.25) is 0 Å². The first-order chi connectivity index (χ1) is 7.25. The SMILES string of the molecule is Cc1ccc(C)n1NS(=O)(=O)C(C)C(=O)O. The minimum absolute atomic E-state index is 0.693. The number of aromatic nitrogens is 1. The predicted octanol–water partition coefficient (Wildman–Crippen LogP) is 0.451. The summed E-state index contributed by atoms with van der Waals surface area (Å²) >= 11 is 0. The molecule has 1 aromatic rings. The first kappa shape index (κ1) is 12.6. The Kier molecular flexibility index (Phi) is 3.27. The number of aliphatic carboxylic acids is 1. The molecule has 0 fully saturated rings. The highest BCUT2D eigenvalue weighted by Crippen LogP contribution is 2.08. The normalized spacial score (nSPS) is 13.4. The molecule has 0 spiro atoms. The number of hydrogen-bond donors (Lipinski definition) is 2. The lowest BCUT2D eigenvalue weighted by atomic mass is 10.5. The average Bonchev–Trinajstić information content (AvgIpc) is 2.47. The van der Waals surface area contributed by atoms with Gasteiger partial charge in [0.15, 0.2) is 5.25 Å². The number of carbonyl (C=O) groups is 1. The summed E-state index contributed by atoms with van der Waals surface area (Å²) in [4.78, 5) is 12.8. The summed E-state index contributed by atoms with van der Waals surface area (Å²) in [5.41, 5.74) is 1.39. The molecular formula is C9H14N2O4S. The number of aryl methyl sites for hydroxylation is 2. The van der Waals surface area contributed by atoms with Crippen LogP contribution >= 0.6 is 0 Å². The van der Waals surface area contributed by atoms with E-state index in [4.69, 9.17) is 5.11 Å². The first-order valence-electron chi connectivity index (χ1n) is 4.65. The quantitative estimate of drug-likeness (QED) is 0.807. The molecule has 0 saturated heterocycles. The molecule has 2 N–H and O–H groups in total. The van der Waals surface area contributed by atoms with Crippen molar-refractivity contribution in [1.29, 1.82) is 0 Å². The van der Waals surface area contributed by atoms with Gasteiger partial charge in [-0.3, -0.25) is 9.47 Å². The third-order valence-electron chi connectivity index (χ3n) is 2.30. The molecule has 0 bridgehead atoms. The third kappa shape index (κ3) is 2.35. The lowest BCUT2D eigenvalue weighted by Gasteiger charge is -2.15. The number of nitrogens with zero attached hydrogens (tertiary/aromatic N) is 1. The molecule has 0 radical (unpaired) electrons. The summed E-state index contributed by atoms with van der Waals surface area (Å²) in [6.07, 6.45) is 0. The Morgan fingerprint density at radius 3 is 2.19 bits per heavy atom. The molecule has 1 atom stereocenters. The van der Waals surface area contributed by atoms with Gasteiger partial charge in [-0.1, -0.05) is 0 Å². The van der Waals surface area contributed by atoms with E-state index in [-0.39, 0.29) is 0 Å². The van der Waals surface area contributed by atoms with E-state index in [9.17, 15) is 13.2 Å². The van der Waals surface area contributed by atoms with E-state index in [0.717, 1.165) is 6.92 Å². The number of sulfonamides is 1. The third-order valence-corrected chi connectivity index (χ3v) is 3.87. The van der Waals surface area contributed by atoms with Crippen molar-refractivity contribution >= 4 is 16.0 Å². The second kappa shape index (κ2) is 4.17. The van der Waals surface area contributed by atoms with Crippen LogP contribution in [0.3, 0.4) is 0 Å². The summed E-state index contributed by atoms with van der Waals surface area (Å²) < 4.78 is 24.6. The van der Waals surface area contributed by atoms with Crippen LogP contribution in [0.2, 0.25) is 0 Å². The topological polar surface area (TPSA) is 88.4 Å². The molecule has 16 heavy (non-hydrogen) atoms. The lowest BCUT2D eigenvalue weighted by molar-refractivity contribution is -0.136. The van der Waals surface area contributed by atoms with Gasteiger partial charge in [-0.2, -0.15) is 0 Å². The van der Waals surface area contributed by atoms with Crippen LogP contribution in [-0.2, 0) is 14.8 Å². The molecule has 1 aromatic heterocycles. The number of rotatable bonds is 4. The van der Waals surface area contributed by atoms with Crippen LogP contribution in [0.5, 0.6) is 0 Å². The smallest absolute Gasteiger partial charge is 0.323 e. The maximum atomic E-state index is 11.6. The van der Waals surface area contributed by atoms with Gasteiger partial charge in [-0.25, -0.2) is 13.2 Å². The summed E-state index contributed by atoms with van der Waals surface area (Å²) in [7, 11) is -3.91. The van der Waals surface area contributed by atoms with Crippen molar-refractivity contribution in [3.05, 3.63) is 23.5 Å². The van der Waals surface area contributed by atoms with Crippen LogP contribution in [0.4, 0.5) is 0 Å². The zero-order valence-electron chi connectivity index (χ0n) is 9.26. The number of hydrogen-bond acceptors (Lipinski definition) is 3. The van der Waals surface area contributed by atoms with Crippen LogP contribution in [0.25, 0.3) is 0 Å². The Labute approximate surface area is 93.9 Å². The molecule has 7 heteroatoms.